The predicted molar refractivity (Wildman–Crippen MR) is 86.3 cm³/mol. The van der Waals surface area contributed by atoms with Crippen LogP contribution in [0.25, 0.3) is 10.2 Å². The molecule has 0 aromatic carbocycles. The van der Waals surface area contributed by atoms with Crippen molar-refractivity contribution in [3.8, 4) is 0 Å². The van der Waals surface area contributed by atoms with Gasteiger partial charge in [0, 0.05) is 29.1 Å². The molecule has 3 aromatic rings. The predicted octanol–water partition coefficient (Wildman–Crippen LogP) is 3.58. The molecule has 0 bridgehead atoms. The Morgan fingerprint density at radius 1 is 1.33 bits per heavy atom. The van der Waals surface area contributed by atoms with E-state index in [9.17, 15) is 4.79 Å². The number of nitrogens with one attached hydrogen (secondary N) is 1. The number of aryl methyl sites for hydroxylation is 3. The Morgan fingerprint density at radius 3 is 2.81 bits per heavy atom. The first kappa shape index (κ1) is 14.1. The number of thiophene rings is 1. The van der Waals surface area contributed by atoms with Crippen LogP contribution < -0.4 is 5.32 Å². The Kier molecular flexibility index (Phi) is 3.69. The van der Waals surface area contributed by atoms with E-state index in [0.29, 0.717) is 10.0 Å². The van der Waals surface area contributed by atoms with Gasteiger partial charge in [-0.25, -0.2) is 15.0 Å². The molecule has 0 aliphatic rings. The number of carbonyl (C=O) groups is 1. The molecule has 1 N–H and O–H groups in total. The third-order valence-electron chi connectivity index (χ3n) is 3.19. The molecule has 3 rings (SSSR count). The van der Waals surface area contributed by atoms with Crippen LogP contribution in [-0.2, 0) is 6.42 Å². The van der Waals surface area contributed by atoms with Crippen molar-refractivity contribution in [2.24, 2.45) is 0 Å². The van der Waals surface area contributed by atoms with Gasteiger partial charge < -0.3 is 0 Å². The molecular weight excluding hydrogens is 304 g/mol. The van der Waals surface area contributed by atoms with E-state index in [-0.39, 0.29) is 5.91 Å². The Balaban J connectivity index is 2.05. The van der Waals surface area contributed by atoms with Crippen molar-refractivity contribution < 1.29 is 4.79 Å². The Bertz CT molecular complexity index is 808. The van der Waals surface area contributed by atoms with Crippen molar-refractivity contribution >= 4 is 43.9 Å². The van der Waals surface area contributed by atoms with Crippen LogP contribution in [0.1, 0.15) is 33.7 Å². The molecule has 0 radical (unpaired) electrons. The van der Waals surface area contributed by atoms with Gasteiger partial charge in [-0.1, -0.05) is 6.92 Å². The fraction of sp³-hybridized carbons (Fsp3) is 0.286. The molecule has 3 heterocycles. The molecule has 1 amide bonds. The van der Waals surface area contributed by atoms with Crippen LogP contribution in [0.4, 0.5) is 5.13 Å². The van der Waals surface area contributed by atoms with Crippen molar-refractivity contribution in [2.75, 3.05) is 5.32 Å². The molecule has 0 saturated heterocycles. The van der Waals surface area contributed by atoms with Gasteiger partial charge in [0.25, 0.3) is 5.91 Å². The number of carbonyl (C=O) groups excluding carboxylic acids is 1. The van der Waals surface area contributed by atoms with Crippen molar-refractivity contribution in [1.82, 2.24) is 15.0 Å². The summed E-state index contributed by atoms with van der Waals surface area (Å²) in [6, 6.07) is 0. The zero-order chi connectivity index (χ0) is 15.0. The first-order valence-electron chi connectivity index (χ1n) is 6.57. The first-order chi connectivity index (χ1) is 10.1. The number of thiazole rings is 1. The number of amides is 1. The van der Waals surface area contributed by atoms with Gasteiger partial charge in [0.05, 0.1) is 4.88 Å². The summed E-state index contributed by atoms with van der Waals surface area (Å²) in [5, 5.41) is 6.24. The van der Waals surface area contributed by atoms with Crippen molar-refractivity contribution in [1.29, 1.82) is 0 Å². The topological polar surface area (TPSA) is 67.8 Å². The summed E-state index contributed by atoms with van der Waals surface area (Å²) in [4.78, 5) is 27.0. The molecular formula is C14H14N4OS2. The van der Waals surface area contributed by atoms with E-state index < -0.39 is 0 Å². The summed E-state index contributed by atoms with van der Waals surface area (Å²) in [5.41, 5.74) is 1.86. The molecule has 0 aliphatic carbocycles. The van der Waals surface area contributed by atoms with E-state index >= 15 is 0 Å². The zero-order valence-corrected chi connectivity index (χ0v) is 13.6. The number of nitrogens with zero attached hydrogens (tertiary/aromatic N) is 3. The summed E-state index contributed by atoms with van der Waals surface area (Å²) in [5.74, 6) is 0.677. The summed E-state index contributed by atoms with van der Waals surface area (Å²) in [6.45, 7) is 5.93. The number of anilines is 1. The van der Waals surface area contributed by atoms with Crippen LogP contribution in [0, 0.1) is 13.8 Å². The third-order valence-corrected chi connectivity index (χ3v) is 5.07. The van der Waals surface area contributed by atoms with Crippen LogP contribution in [0.3, 0.4) is 0 Å². The van der Waals surface area contributed by atoms with Crippen molar-refractivity contribution in [2.45, 2.75) is 27.2 Å². The summed E-state index contributed by atoms with van der Waals surface area (Å²) < 4.78 is 0. The van der Waals surface area contributed by atoms with E-state index in [1.807, 2.05) is 26.2 Å². The summed E-state index contributed by atoms with van der Waals surface area (Å²) >= 11 is 2.81. The molecule has 5 nitrogen and oxygen atoms in total. The van der Waals surface area contributed by atoms with Gasteiger partial charge >= 0.3 is 0 Å². The SMILES string of the molecule is CCc1nc(C)c2c(C)c(C(=O)Nc3nccs3)sc2n1. The highest BCUT2D eigenvalue weighted by molar-refractivity contribution is 7.21. The van der Waals surface area contributed by atoms with E-state index in [4.69, 9.17) is 0 Å². The fourth-order valence-electron chi connectivity index (χ4n) is 2.21. The minimum atomic E-state index is -0.136. The second-order valence-corrected chi connectivity index (χ2v) is 6.50. The lowest BCUT2D eigenvalue weighted by atomic mass is 10.1. The molecule has 0 spiro atoms. The highest BCUT2D eigenvalue weighted by atomic mass is 32.1. The second-order valence-electron chi connectivity index (χ2n) is 4.61. The molecule has 3 aromatic heterocycles. The van der Waals surface area contributed by atoms with Crippen molar-refractivity contribution in [3.63, 3.8) is 0 Å². The minimum absolute atomic E-state index is 0.136. The summed E-state index contributed by atoms with van der Waals surface area (Å²) in [6.07, 6.45) is 2.45. The van der Waals surface area contributed by atoms with E-state index in [0.717, 1.165) is 33.7 Å². The van der Waals surface area contributed by atoms with Crippen molar-refractivity contribution in [3.05, 3.63) is 33.5 Å². The van der Waals surface area contributed by atoms with Crippen LogP contribution in [0.15, 0.2) is 11.6 Å². The maximum Gasteiger partial charge on any atom is 0.267 e. The molecule has 108 valence electrons. The van der Waals surface area contributed by atoms with Crippen LogP contribution in [0.2, 0.25) is 0 Å². The van der Waals surface area contributed by atoms with Gasteiger partial charge in [-0.3, -0.25) is 10.1 Å². The quantitative estimate of drug-likeness (QED) is 0.801. The molecule has 0 saturated carbocycles. The normalized spacial score (nSPS) is 11.0. The van der Waals surface area contributed by atoms with E-state index in [1.54, 1.807) is 6.20 Å². The smallest absolute Gasteiger partial charge is 0.267 e. The highest BCUT2D eigenvalue weighted by Crippen LogP contribution is 2.32. The molecule has 7 heteroatoms. The van der Waals surface area contributed by atoms with E-state index in [2.05, 4.69) is 20.3 Å². The monoisotopic (exact) mass is 318 g/mol. The standard InChI is InChI=1S/C14H14N4OS2/c1-4-9-16-8(3)10-7(2)11(21-13(10)17-9)12(19)18-14-15-5-6-20-14/h5-6H,4H2,1-3H3,(H,15,18,19). The number of rotatable bonds is 3. The Labute approximate surface area is 130 Å². The second kappa shape index (κ2) is 5.50. The average Bonchev–Trinajstić information content (AvgIpc) is 3.06. The summed E-state index contributed by atoms with van der Waals surface area (Å²) in [7, 11) is 0. The molecule has 21 heavy (non-hydrogen) atoms. The van der Waals surface area contributed by atoms with Crippen LogP contribution in [0.5, 0.6) is 0 Å². The van der Waals surface area contributed by atoms with Gasteiger partial charge in [-0.2, -0.15) is 0 Å². The van der Waals surface area contributed by atoms with Gasteiger partial charge in [-0.15, -0.1) is 22.7 Å². The fourth-order valence-corrected chi connectivity index (χ4v) is 3.88. The largest absolute Gasteiger partial charge is 0.297 e. The minimum Gasteiger partial charge on any atom is -0.297 e. The van der Waals surface area contributed by atoms with Gasteiger partial charge in [-0.05, 0) is 19.4 Å². The number of hydrogen-bond acceptors (Lipinski definition) is 6. The number of hydrogen-bond donors (Lipinski definition) is 1. The van der Waals surface area contributed by atoms with E-state index in [1.165, 1.54) is 22.7 Å². The Morgan fingerprint density at radius 2 is 2.14 bits per heavy atom. The number of aromatic nitrogens is 3. The highest BCUT2D eigenvalue weighted by Gasteiger charge is 2.19. The molecule has 0 atom stereocenters. The lowest BCUT2D eigenvalue weighted by Crippen LogP contribution is -2.11. The van der Waals surface area contributed by atoms with Gasteiger partial charge in [0.15, 0.2) is 5.13 Å². The molecule has 0 fully saturated rings. The van der Waals surface area contributed by atoms with Crippen LogP contribution >= 0.6 is 22.7 Å². The first-order valence-corrected chi connectivity index (χ1v) is 8.27. The molecule has 0 unspecified atom stereocenters. The maximum atomic E-state index is 12.4. The third kappa shape index (κ3) is 2.54. The van der Waals surface area contributed by atoms with Crippen LogP contribution in [-0.4, -0.2) is 20.9 Å². The van der Waals surface area contributed by atoms with Gasteiger partial charge in [0.2, 0.25) is 0 Å². The maximum absolute atomic E-state index is 12.4. The molecule has 0 aliphatic heterocycles. The average molecular weight is 318 g/mol. The lowest BCUT2D eigenvalue weighted by Gasteiger charge is -2.01. The Hall–Kier alpha value is -1.86. The van der Waals surface area contributed by atoms with Gasteiger partial charge in [0.1, 0.15) is 10.7 Å². The lowest BCUT2D eigenvalue weighted by molar-refractivity contribution is 0.103. The number of fused-ring (bicyclic) bond motifs is 1. The zero-order valence-electron chi connectivity index (χ0n) is 11.9.